The summed E-state index contributed by atoms with van der Waals surface area (Å²) in [5.74, 6) is 0.840. The zero-order valence-electron chi connectivity index (χ0n) is 11.9. The van der Waals surface area contributed by atoms with Crippen LogP contribution >= 0.6 is 0 Å². The van der Waals surface area contributed by atoms with E-state index in [0.29, 0.717) is 0 Å². The summed E-state index contributed by atoms with van der Waals surface area (Å²) in [6, 6.07) is 12.0. The van der Waals surface area contributed by atoms with Crippen molar-refractivity contribution in [2.75, 3.05) is 0 Å². The van der Waals surface area contributed by atoms with Crippen molar-refractivity contribution in [2.24, 2.45) is 0 Å². The predicted molar refractivity (Wildman–Crippen MR) is 64.6 cm³/mol. The first-order valence-electron chi connectivity index (χ1n) is 6.21. The highest BCUT2D eigenvalue weighted by atomic mass is 35.7. The van der Waals surface area contributed by atoms with E-state index in [1.54, 1.807) is 4.57 Å². The van der Waals surface area contributed by atoms with Crippen LogP contribution in [0.2, 0.25) is 0 Å². The lowest BCUT2D eigenvalue weighted by molar-refractivity contribution is -2.00. The van der Waals surface area contributed by atoms with Crippen molar-refractivity contribution in [3.8, 4) is 11.3 Å². The van der Waals surface area contributed by atoms with Gasteiger partial charge in [0.25, 0.3) is 0 Å². The molecule has 7 nitrogen and oxygen atoms in total. The van der Waals surface area contributed by atoms with Crippen molar-refractivity contribution < 1.29 is 38.0 Å². The van der Waals surface area contributed by atoms with E-state index >= 15 is 0 Å². The summed E-state index contributed by atoms with van der Waals surface area (Å²) in [7, 11) is -4.94. The van der Waals surface area contributed by atoms with Gasteiger partial charge in [-0.15, -0.1) is 10.2 Å². The molecule has 22 heavy (non-hydrogen) atoms. The molecule has 0 atom stereocenters. The monoisotopic (exact) mass is 324 g/mol. The maximum absolute atomic E-state index is 8.49. The van der Waals surface area contributed by atoms with Crippen LogP contribution in [0.4, 0.5) is 0 Å². The Morgan fingerprint density at radius 2 is 1.64 bits per heavy atom. The van der Waals surface area contributed by atoms with Gasteiger partial charge < -0.3 is 0 Å². The third kappa shape index (κ3) is 4.23. The van der Waals surface area contributed by atoms with Gasteiger partial charge in [-0.2, -0.15) is 0 Å². The van der Waals surface area contributed by atoms with Gasteiger partial charge >= 0.3 is 5.65 Å². The second kappa shape index (κ2) is 6.39. The number of halogens is 1. The van der Waals surface area contributed by atoms with Crippen LogP contribution in [-0.2, 0) is 0 Å². The molecule has 1 aromatic carbocycles. The van der Waals surface area contributed by atoms with Crippen molar-refractivity contribution in [3.63, 3.8) is 0 Å². The Hall–Kier alpha value is -2.03. The first-order chi connectivity index (χ1) is 10.3. The van der Waals surface area contributed by atoms with Crippen LogP contribution in [0.25, 0.3) is 17.0 Å². The highest BCUT2D eigenvalue weighted by molar-refractivity contribution is 5.59. The fourth-order valence-corrected chi connectivity index (χ4v) is 1.83. The second-order valence-electron chi connectivity index (χ2n) is 4.52. The molecular formula is C14H13ClN2O5. The Morgan fingerprint density at radius 3 is 2.23 bits per heavy atom. The highest BCUT2D eigenvalue weighted by Crippen LogP contribution is 2.19. The van der Waals surface area contributed by atoms with E-state index in [1.807, 2.05) is 56.4 Å². The van der Waals surface area contributed by atoms with E-state index in [-0.39, 0.29) is 0 Å². The van der Waals surface area contributed by atoms with Crippen molar-refractivity contribution in [2.45, 2.75) is 13.8 Å². The molecule has 0 aliphatic carbocycles. The molecule has 0 unspecified atom stereocenters. The fraction of sp³-hybridized carbons (Fsp3) is 0.143. The molecular weight excluding hydrogens is 312 g/mol. The van der Waals surface area contributed by atoms with Crippen molar-refractivity contribution in [3.05, 3.63) is 53.9 Å². The van der Waals surface area contributed by atoms with Crippen LogP contribution in [0, 0.1) is 24.1 Å². The van der Waals surface area contributed by atoms with Crippen LogP contribution in [0.1, 0.15) is 11.3 Å². The van der Waals surface area contributed by atoms with Gasteiger partial charge in [-0.3, -0.25) is 4.52 Å². The third-order valence-corrected chi connectivity index (χ3v) is 2.98. The normalized spacial score (nSPS) is 11.2. The lowest BCUT2D eigenvalue weighted by Crippen LogP contribution is -2.68. The molecule has 0 saturated carbocycles. The zero-order valence-corrected chi connectivity index (χ0v) is 12.6. The van der Waals surface area contributed by atoms with E-state index < -0.39 is 10.2 Å². The Morgan fingerprint density at radius 1 is 1.05 bits per heavy atom. The Kier molecular flexibility index (Phi) is 4.74. The summed E-state index contributed by atoms with van der Waals surface area (Å²) in [6.07, 6.45) is 1.87. The molecule has 0 spiro atoms. The van der Waals surface area contributed by atoms with Crippen molar-refractivity contribution in [1.82, 2.24) is 4.98 Å². The lowest BCUT2D eigenvalue weighted by atomic mass is 10.2. The molecule has 0 radical (unpaired) electrons. The van der Waals surface area contributed by atoms with Gasteiger partial charge in [-0.05, 0) is 16.5 Å². The summed E-state index contributed by atoms with van der Waals surface area (Å²) in [6.45, 7) is 4.06. The average Bonchev–Trinajstić information content (AvgIpc) is 2.87. The minimum absolute atomic E-state index is 0.840. The molecule has 0 aliphatic rings. The molecule has 0 aliphatic heterocycles. The molecule has 0 amide bonds. The summed E-state index contributed by atoms with van der Waals surface area (Å²) in [4.78, 5) is 4.36. The fourth-order valence-electron chi connectivity index (χ4n) is 1.83. The maximum Gasteiger partial charge on any atom is 0.366 e. The summed E-state index contributed by atoms with van der Waals surface area (Å²) < 4.78 is 41.6. The van der Waals surface area contributed by atoms with Crippen molar-refractivity contribution >= 4 is 5.65 Å². The summed E-state index contributed by atoms with van der Waals surface area (Å²) >= 11 is 0. The molecule has 0 N–H and O–H groups in total. The first kappa shape index (κ1) is 16.3. The summed E-state index contributed by atoms with van der Waals surface area (Å²) in [5, 5.41) is 0. The van der Waals surface area contributed by atoms with Crippen LogP contribution < -0.4 is 23.2 Å². The molecule has 0 saturated heterocycles. The quantitative estimate of drug-likeness (QED) is 0.474. The molecule has 2 aromatic heterocycles. The minimum Gasteiger partial charge on any atom is -0.295 e. The number of nitrogens with zero attached hydrogens (tertiary/aromatic N) is 2. The SMILES string of the molecule is Cc1cnc2cc(-c3ccccc3)o[n+]2c1C.[O-][Cl+3]([O-])([O-])[O-]. The van der Waals surface area contributed by atoms with Crippen molar-refractivity contribution in [1.29, 1.82) is 0 Å². The standard InChI is InChI=1S/C14H13N2O.ClHO4/c1-10-9-15-14-8-13(17-16(14)11(10)2)12-6-4-3-5-7-12;2-1(3,4)5/h3-9H,1-2H3;(H,2,3,4,5)/q+1;/p-1. The highest BCUT2D eigenvalue weighted by Gasteiger charge is 2.17. The van der Waals surface area contributed by atoms with Gasteiger partial charge in [-0.1, -0.05) is 30.3 Å². The van der Waals surface area contributed by atoms with Gasteiger partial charge in [0.05, 0.1) is 6.07 Å². The number of aromatic nitrogens is 2. The largest absolute Gasteiger partial charge is 0.366 e. The van der Waals surface area contributed by atoms with Gasteiger partial charge in [0.2, 0.25) is 0 Å². The number of fused-ring (bicyclic) bond motifs is 1. The molecule has 2 heterocycles. The van der Waals surface area contributed by atoms with Crippen LogP contribution in [0.3, 0.4) is 0 Å². The summed E-state index contributed by atoms with van der Waals surface area (Å²) in [5.41, 5.74) is 4.11. The zero-order chi connectivity index (χ0) is 16.3. The number of hydrogen-bond donors (Lipinski definition) is 0. The molecule has 116 valence electrons. The van der Waals surface area contributed by atoms with Gasteiger partial charge in [0.15, 0.2) is 11.5 Å². The number of aryl methyl sites for hydroxylation is 2. The average molecular weight is 325 g/mol. The van der Waals surface area contributed by atoms with Gasteiger partial charge in [0.1, 0.15) is 6.20 Å². The van der Waals surface area contributed by atoms with E-state index in [0.717, 1.165) is 28.2 Å². The van der Waals surface area contributed by atoms with E-state index in [2.05, 4.69) is 4.98 Å². The Labute approximate surface area is 128 Å². The van der Waals surface area contributed by atoms with Gasteiger partial charge in [0, 0.05) is 18.1 Å². The van der Waals surface area contributed by atoms with Crippen LogP contribution in [-0.4, -0.2) is 4.98 Å². The number of benzene rings is 1. The molecule has 0 fully saturated rings. The Bertz CT molecular complexity index is 762. The first-order valence-corrected chi connectivity index (χ1v) is 7.44. The minimum atomic E-state index is -4.94. The van der Waals surface area contributed by atoms with Crippen LogP contribution in [0.5, 0.6) is 0 Å². The molecule has 3 aromatic rings. The van der Waals surface area contributed by atoms with E-state index in [1.165, 1.54) is 0 Å². The molecule has 0 bridgehead atoms. The molecule has 8 heteroatoms. The number of rotatable bonds is 1. The smallest absolute Gasteiger partial charge is 0.295 e. The Balaban J connectivity index is 0.000000309. The second-order valence-corrected chi connectivity index (χ2v) is 5.28. The molecule has 3 rings (SSSR count). The number of hydrogen-bond acceptors (Lipinski definition) is 6. The van der Waals surface area contributed by atoms with E-state index in [4.69, 9.17) is 23.2 Å². The van der Waals surface area contributed by atoms with Gasteiger partial charge in [-0.25, -0.2) is 18.6 Å². The lowest BCUT2D eigenvalue weighted by Gasteiger charge is -2.17. The van der Waals surface area contributed by atoms with Crippen LogP contribution in [0.15, 0.2) is 47.1 Å². The topological polar surface area (TPSA) is 122 Å². The maximum atomic E-state index is 8.49. The third-order valence-electron chi connectivity index (χ3n) is 2.98. The predicted octanol–water partition coefficient (Wildman–Crippen LogP) is -2.06. The van der Waals surface area contributed by atoms with E-state index in [9.17, 15) is 0 Å².